The zero-order valence-electron chi connectivity index (χ0n) is 16.2. The molecule has 0 bridgehead atoms. The van der Waals surface area contributed by atoms with Crippen molar-refractivity contribution in [2.24, 2.45) is 17.1 Å². The van der Waals surface area contributed by atoms with Gasteiger partial charge in [0, 0.05) is 12.6 Å². The summed E-state index contributed by atoms with van der Waals surface area (Å²) in [5, 5.41) is 0. The zero-order chi connectivity index (χ0) is 18.9. The van der Waals surface area contributed by atoms with E-state index < -0.39 is 0 Å². The Morgan fingerprint density at radius 3 is 2.12 bits per heavy atom. The van der Waals surface area contributed by atoms with Crippen LogP contribution in [0.25, 0.3) is 0 Å². The monoisotopic (exact) mass is 350 g/mol. The lowest BCUT2D eigenvalue weighted by molar-refractivity contribution is -0.133. The Balaban J connectivity index is 1.95. The van der Waals surface area contributed by atoms with Crippen LogP contribution in [0.5, 0.6) is 0 Å². The fraction of sp³-hybridized carbons (Fsp3) is 0.435. The molecule has 1 aliphatic heterocycles. The molecule has 0 spiro atoms. The summed E-state index contributed by atoms with van der Waals surface area (Å²) in [4.78, 5) is 15.4. The molecule has 2 aromatic carbocycles. The van der Waals surface area contributed by atoms with Crippen LogP contribution in [0.3, 0.4) is 0 Å². The Morgan fingerprint density at radius 1 is 1.04 bits per heavy atom. The second kappa shape index (κ2) is 7.24. The second-order valence-corrected chi connectivity index (χ2v) is 8.53. The second-order valence-electron chi connectivity index (χ2n) is 8.53. The van der Waals surface area contributed by atoms with Crippen molar-refractivity contribution < 1.29 is 4.79 Å². The molecule has 1 amide bonds. The molecule has 4 unspecified atom stereocenters. The van der Waals surface area contributed by atoms with E-state index in [0.717, 1.165) is 11.1 Å². The summed E-state index contributed by atoms with van der Waals surface area (Å²) in [6, 6.07) is 20.1. The van der Waals surface area contributed by atoms with E-state index in [1.165, 1.54) is 0 Å². The van der Waals surface area contributed by atoms with Crippen LogP contribution in [-0.2, 0) is 4.79 Å². The van der Waals surface area contributed by atoms with Crippen LogP contribution in [0.1, 0.15) is 50.8 Å². The van der Waals surface area contributed by atoms with Crippen LogP contribution in [0, 0.1) is 11.3 Å². The van der Waals surface area contributed by atoms with Crippen LogP contribution < -0.4 is 5.73 Å². The molecular formula is C23H30N2O. The van der Waals surface area contributed by atoms with E-state index >= 15 is 0 Å². The summed E-state index contributed by atoms with van der Waals surface area (Å²) in [5.74, 6) is 0.250. The van der Waals surface area contributed by atoms with Crippen LogP contribution in [-0.4, -0.2) is 23.4 Å². The van der Waals surface area contributed by atoms with E-state index in [2.05, 4.69) is 32.9 Å². The zero-order valence-corrected chi connectivity index (χ0v) is 16.2. The molecule has 1 fully saturated rings. The summed E-state index contributed by atoms with van der Waals surface area (Å²) in [6.45, 7) is 9.35. The highest BCUT2D eigenvalue weighted by molar-refractivity contribution is 5.84. The third kappa shape index (κ3) is 3.54. The maximum atomic E-state index is 13.4. The van der Waals surface area contributed by atoms with Crippen molar-refractivity contribution >= 4 is 5.91 Å². The molecule has 0 radical (unpaired) electrons. The van der Waals surface area contributed by atoms with Gasteiger partial charge >= 0.3 is 0 Å². The first kappa shape index (κ1) is 18.7. The van der Waals surface area contributed by atoms with Gasteiger partial charge in [0.25, 0.3) is 0 Å². The number of nitrogens with two attached hydrogens (primary N) is 1. The highest BCUT2D eigenvalue weighted by Crippen LogP contribution is 2.43. The minimum atomic E-state index is -0.173. The summed E-state index contributed by atoms with van der Waals surface area (Å²) < 4.78 is 0. The summed E-state index contributed by atoms with van der Waals surface area (Å²) in [5.41, 5.74) is 8.95. The molecule has 2 aromatic rings. The van der Waals surface area contributed by atoms with Gasteiger partial charge in [0.05, 0.1) is 12.0 Å². The van der Waals surface area contributed by atoms with Crippen LogP contribution in [0.4, 0.5) is 0 Å². The minimum Gasteiger partial charge on any atom is -0.333 e. The van der Waals surface area contributed by atoms with E-state index in [9.17, 15) is 4.79 Å². The van der Waals surface area contributed by atoms with Gasteiger partial charge in [0.2, 0.25) is 5.91 Å². The Labute approximate surface area is 157 Å². The van der Waals surface area contributed by atoms with Crippen LogP contribution in [0.2, 0.25) is 0 Å². The summed E-state index contributed by atoms with van der Waals surface area (Å²) >= 11 is 0. The van der Waals surface area contributed by atoms with E-state index in [4.69, 9.17) is 5.73 Å². The first-order chi connectivity index (χ1) is 12.3. The van der Waals surface area contributed by atoms with E-state index in [-0.39, 0.29) is 35.2 Å². The van der Waals surface area contributed by atoms with Crippen molar-refractivity contribution in [3.05, 3.63) is 71.8 Å². The maximum absolute atomic E-state index is 13.4. The smallest absolute Gasteiger partial charge is 0.230 e. The lowest BCUT2D eigenvalue weighted by Crippen LogP contribution is -2.39. The quantitative estimate of drug-likeness (QED) is 0.894. The summed E-state index contributed by atoms with van der Waals surface area (Å²) in [6.07, 6.45) is 0. The molecule has 1 heterocycles. The molecule has 4 atom stereocenters. The average molecular weight is 351 g/mol. The molecule has 0 saturated carbocycles. The van der Waals surface area contributed by atoms with E-state index in [1.54, 1.807) is 0 Å². The molecule has 0 aromatic heterocycles. The van der Waals surface area contributed by atoms with Crippen LogP contribution >= 0.6 is 0 Å². The third-order valence-electron chi connectivity index (χ3n) is 5.76. The van der Waals surface area contributed by atoms with Gasteiger partial charge in [0.1, 0.15) is 0 Å². The Morgan fingerprint density at radius 2 is 1.58 bits per heavy atom. The average Bonchev–Trinajstić information content (AvgIpc) is 2.99. The highest BCUT2D eigenvalue weighted by atomic mass is 16.2. The Kier molecular flexibility index (Phi) is 5.19. The predicted octanol–water partition coefficient (Wildman–Crippen LogP) is 4.36. The van der Waals surface area contributed by atoms with Gasteiger partial charge in [-0.05, 0) is 29.4 Å². The lowest BCUT2D eigenvalue weighted by atomic mass is 9.76. The number of likely N-dealkylation sites (tertiary alicyclic amines) is 1. The fourth-order valence-corrected chi connectivity index (χ4v) is 4.14. The van der Waals surface area contributed by atoms with Gasteiger partial charge in [-0.1, -0.05) is 81.4 Å². The topological polar surface area (TPSA) is 46.3 Å². The number of carbonyl (C=O) groups excluding carboxylic acids is 1. The summed E-state index contributed by atoms with van der Waals surface area (Å²) in [7, 11) is 0. The molecular weight excluding hydrogens is 320 g/mol. The molecule has 3 heteroatoms. The van der Waals surface area contributed by atoms with Crippen molar-refractivity contribution in [2.45, 2.75) is 45.7 Å². The van der Waals surface area contributed by atoms with Gasteiger partial charge in [-0.3, -0.25) is 4.79 Å². The first-order valence-electron chi connectivity index (χ1n) is 9.46. The van der Waals surface area contributed by atoms with E-state index in [0.29, 0.717) is 6.54 Å². The fourth-order valence-electron chi connectivity index (χ4n) is 4.14. The normalized spacial score (nSPS) is 24.5. The van der Waals surface area contributed by atoms with Crippen molar-refractivity contribution in [1.82, 2.24) is 4.90 Å². The number of rotatable bonds is 3. The SMILES string of the molecule is CC(C(=O)N1CC(C(C)(C)C)C(N)C1c1ccccc1)c1ccccc1. The number of nitrogens with zero attached hydrogens (tertiary/aromatic N) is 1. The van der Waals surface area contributed by atoms with Gasteiger partial charge in [-0.15, -0.1) is 0 Å². The van der Waals surface area contributed by atoms with Gasteiger partial charge in [-0.25, -0.2) is 0 Å². The first-order valence-corrected chi connectivity index (χ1v) is 9.46. The largest absolute Gasteiger partial charge is 0.333 e. The van der Waals surface area contributed by atoms with Crippen LogP contribution in [0.15, 0.2) is 60.7 Å². The molecule has 2 N–H and O–H groups in total. The third-order valence-corrected chi connectivity index (χ3v) is 5.76. The van der Waals surface area contributed by atoms with E-state index in [1.807, 2.05) is 60.4 Å². The number of amides is 1. The molecule has 3 rings (SSSR count). The van der Waals surface area contributed by atoms with Crippen molar-refractivity contribution in [3.8, 4) is 0 Å². The molecule has 0 aliphatic carbocycles. The number of hydrogen-bond acceptors (Lipinski definition) is 2. The van der Waals surface area contributed by atoms with Gasteiger partial charge < -0.3 is 10.6 Å². The molecule has 3 nitrogen and oxygen atoms in total. The maximum Gasteiger partial charge on any atom is 0.230 e. The van der Waals surface area contributed by atoms with Crippen molar-refractivity contribution in [3.63, 3.8) is 0 Å². The molecule has 1 saturated heterocycles. The predicted molar refractivity (Wildman–Crippen MR) is 107 cm³/mol. The highest BCUT2D eigenvalue weighted by Gasteiger charge is 2.47. The Bertz CT molecular complexity index is 736. The standard InChI is InChI=1S/C23H30N2O/c1-16(17-11-7-5-8-12-17)22(26)25-15-19(23(2,3)4)20(24)21(25)18-13-9-6-10-14-18/h5-14,16,19-21H,15,24H2,1-4H3. The van der Waals surface area contributed by atoms with Crippen molar-refractivity contribution in [2.75, 3.05) is 6.54 Å². The number of hydrogen-bond donors (Lipinski definition) is 1. The number of carbonyl (C=O) groups is 1. The molecule has 26 heavy (non-hydrogen) atoms. The number of benzene rings is 2. The van der Waals surface area contributed by atoms with Crippen molar-refractivity contribution in [1.29, 1.82) is 0 Å². The molecule has 138 valence electrons. The van der Waals surface area contributed by atoms with Gasteiger partial charge in [-0.2, -0.15) is 0 Å². The Hall–Kier alpha value is -2.13. The van der Waals surface area contributed by atoms with Gasteiger partial charge in [0.15, 0.2) is 0 Å². The molecule has 1 aliphatic rings. The minimum absolute atomic E-state index is 0.0530. The lowest BCUT2D eigenvalue weighted by Gasteiger charge is -2.31.